The van der Waals surface area contributed by atoms with Crippen LogP contribution in [0.5, 0.6) is 0 Å². The van der Waals surface area contributed by atoms with Gasteiger partial charge in [0.1, 0.15) is 5.76 Å². The van der Waals surface area contributed by atoms with E-state index in [1.54, 1.807) is 6.26 Å². The Bertz CT molecular complexity index is 585. The minimum absolute atomic E-state index is 0.268. The topological polar surface area (TPSA) is 33.5 Å². The Morgan fingerprint density at radius 1 is 1.09 bits per heavy atom. The number of rotatable bonds is 7. The summed E-state index contributed by atoms with van der Waals surface area (Å²) in [5.41, 5.74) is 1.30. The van der Waals surface area contributed by atoms with Crippen LogP contribution in [-0.4, -0.2) is 16.8 Å². The molecule has 0 atom stereocenters. The van der Waals surface area contributed by atoms with Crippen LogP contribution < -0.4 is 0 Å². The third-order valence-corrected chi connectivity index (χ3v) is 4.69. The number of hydrogen-bond donors (Lipinski definition) is 0. The van der Waals surface area contributed by atoms with Crippen molar-refractivity contribution in [2.24, 2.45) is 0 Å². The lowest BCUT2D eigenvalue weighted by Crippen LogP contribution is -2.38. The minimum atomic E-state index is 0.268. The van der Waals surface area contributed by atoms with Gasteiger partial charge in [0.05, 0.1) is 12.8 Å². The highest BCUT2D eigenvalue weighted by atomic mass is 16.3. The van der Waals surface area contributed by atoms with Gasteiger partial charge >= 0.3 is 0 Å². The first kappa shape index (κ1) is 15.9. The van der Waals surface area contributed by atoms with Crippen molar-refractivity contribution in [2.45, 2.75) is 57.5 Å². The zero-order valence-electron chi connectivity index (χ0n) is 13.6. The van der Waals surface area contributed by atoms with Gasteiger partial charge in [-0.1, -0.05) is 43.2 Å². The first-order valence-electron chi connectivity index (χ1n) is 8.69. The molecule has 1 aliphatic rings. The highest BCUT2D eigenvalue weighted by Gasteiger charge is 2.26. The summed E-state index contributed by atoms with van der Waals surface area (Å²) in [4.78, 5) is 14.8. The summed E-state index contributed by atoms with van der Waals surface area (Å²) in [6, 6.07) is 14.6. The third kappa shape index (κ3) is 4.47. The van der Waals surface area contributed by atoms with Gasteiger partial charge in [-0.15, -0.1) is 0 Å². The van der Waals surface area contributed by atoms with Gasteiger partial charge in [-0.3, -0.25) is 4.79 Å². The molecule has 3 rings (SSSR count). The first-order chi connectivity index (χ1) is 11.3. The number of benzene rings is 1. The van der Waals surface area contributed by atoms with Crippen LogP contribution in [0.4, 0.5) is 0 Å². The van der Waals surface area contributed by atoms with E-state index in [2.05, 4.69) is 29.2 Å². The van der Waals surface area contributed by atoms with Gasteiger partial charge in [0.2, 0.25) is 5.91 Å². The Morgan fingerprint density at radius 3 is 2.57 bits per heavy atom. The number of nitrogens with zero attached hydrogens (tertiary/aromatic N) is 1. The number of aryl methyl sites for hydroxylation is 1. The maximum Gasteiger partial charge on any atom is 0.223 e. The summed E-state index contributed by atoms with van der Waals surface area (Å²) < 4.78 is 5.45. The van der Waals surface area contributed by atoms with Gasteiger partial charge in [-0.25, -0.2) is 0 Å². The zero-order chi connectivity index (χ0) is 15.9. The molecule has 1 heterocycles. The zero-order valence-corrected chi connectivity index (χ0v) is 13.6. The molecule has 23 heavy (non-hydrogen) atoms. The second kappa shape index (κ2) is 8.00. The van der Waals surface area contributed by atoms with Crippen LogP contribution in [0.3, 0.4) is 0 Å². The fraction of sp³-hybridized carbons (Fsp3) is 0.450. The number of furan rings is 1. The van der Waals surface area contributed by atoms with Crippen LogP contribution in [0.25, 0.3) is 0 Å². The summed E-state index contributed by atoms with van der Waals surface area (Å²) >= 11 is 0. The summed E-state index contributed by atoms with van der Waals surface area (Å²) in [7, 11) is 0. The lowest BCUT2D eigenvalue weighted by molar-refractivity contribution is -0.134. The highest BCUT2D eigenvalue weighted by Crippen LogP contribution is 2.26. The molecule has 122 valence electrons. The van der Waals surface area contributed by atoms with Crippen molar-refractivity contribution in [3.8, 4) is 0 Å². The Hall–Kier alpha value is -2.03. The van der Waals surface area contributed by atoms with Crippen molar-refractivity contribution in [3.05, 3.63) is 60.1 Å². The van der Waals surface area contributed by atoms with Crippen molar-refractivity contribution in [3.63, 3.8) is 0 Å². The molecule has 0 radical (unpaired) electrons. The fourth-order valence-electron chi connectivity index (χ4n) is 3.44. The average molecular weight is 311 g/mol. The van der Waals surface area contributed by atoms with Gasteiger partial charge in [-0.2, -0.15) is 0 Å². The quantitative estimate of drug-likeness (QED) is 0.750. The van der Waals surface area contributed by atoms with Crippen molar-refractivity contribution in [1.82, 2.24) is 4.90 Å². The van der Waals surface area contributed by atoms with Crippen molar-refractivity contribution in [2.75, 3.05) is 0 Å². The molecule has 0 spiro atoms. The molecular formula is C20H25NO2. The van der Waals surface area contributed by atoms with E-state index in [1.807, 2.05) is 18.2 Å². The molecule has 0 N–H and O–H groups in total. The van der Waals surface area contributed by atoms with Gasteiger partial charge in [0, 0.05) is 12.5 Å². The van der Waals surface area contributed by atoms with Gasteiger partial charge < -0.3 is 9.32 Å². The molecule has 1 saturated carbocycles. The molecule has 0 unspecified atom stereocenters. The SMILES string of the molecule is O=C(CCCc1ccccc1)N(Cc1ccco1)C1CCCC1. The van der Waals surface area contributed by atoms with E-state index in [0.29, 0.717) is 19.0 Å². The molecule has 3 nitrogen and oxygen atoms in total. The van der Waals surface area contributed by atoms with E-state index in [1.165, 1.54) is 18.4 Å². The van der Waals surface area contributed by atoms with Gasteiger partial charge in [0.15, 0.2) is 0 Å². The average Bonchev–Trinajstić information content (AvgIpc) is 3.27. The predicted molar refractivity (Wildman–Crippen MR) is 90.9 cm³/mol. The number of amides is 1. The smallest absolute Gasteiger partial charge is 0.223 e. The van der Waals surface area contributed by atoms with Crippen molar-refractivity contribution >= 4 is 5.91 Å². The molecule has 1 aromatic heterocycles. The third-order valence-electron chi connectivity index (χ3n) is 4.69. The van der Waals surface area contributed by atoms with Crippen molar-refractivity contribution in [1.29, 1.82) is 0 Å². The number of carbonyl (C=O) groups excluding carboxylic acids is 1. The largest absolute Gasteiger partial charge is 0.467 e. The van der Waals surface area contributed by atoms with Gasteiger partial charge in [-0.05, 0) is 43.4 Å². The Kier molecular flexibility index (Phi) is 5.51. The lowest BCUT2D eigenvalue weighted by Gasteiger charge is -2.28. The molecule has 0 bridgehead atoms. The second-order valence-electron chi connectivity index (χ2n) is 6.38. The second-order valence-corrected chi connectivity index (χ2v) is 6.38. The minimum Gasteiger partial charge on any atom is -0.467 e. The molecule has 1 fully saturated rings. The molecule has 1 aromatic carbocycles. The van der Waals surface area contributed by atoms with E-state index < -0.39 is 0 Å². The van der Waals surface area contributed by atoms with Crippen LogP contribution in [0.15, 0.2) is 53.1 Å². The van der Waals surface area contributed by atoms with E-state index in [-0.39, 0.29) is 5.91 Å². The van der Waals surface area contributed by atoms with Crippen molar-refractivity contribution < 1.29 is 9.21 Å². The lowest BCUT2D eigenvalue weighted by atomic mass is 10.1. The summed E-state index contributed by atoms with van der Waals surface area (Å²) in [6.45, 7) is 0.613. The van der Waals surface area contributed by atoms with Crippen LogP contribution in [0.1, 0.15) is 49.8 Å². The van der Waals surface area contributed by atoms with E-state index >= 15 is 0 Å². The molecular weight excluding hydrogens is 286 g/mol. The molecule has 0 saturated heterocycles. The maximum absolute atomic E-state index is 12.7. The number of carbonyl (C=O) groups is 1. The fourth-order valence-corrected chi connectivity index (χ4v) is 3.44. The first-order valence-corrected chi connectivity index (χ1v) is 8.69. The maximum atomic E-state index is 12.7. The summed E-state index contributed by atoms with van der Waals surface area (Å²) in [5, 5.41) is 0. The van der Waals surface area contributed by atoms with Gasteiger partial charge in [0.25, 0.3) is 0 Å². The van der Waals surface area contributed by atoms with E-state index in [4.69, 9.17) is 4.42 Å². The van der Waals surface area contributed by atoms with Crippen LogP contribution >= 0.6 is 0 Å². The molecule has 0 aliphatic heterocycles. The monoisotopic (exact) mass is 311 g/mol. The Balaban J connectivity index is 1.56. The number of hydrogen-bond acceptors (Lipinski definition) is 2. The summed E-state index contributed by atoms with van der Waals surface area (Å²) in [5.74, 6) is 1.15. The standard InChI is InChI=1S/C20H25NO2/c22-20(14-6-10-17-8-2-1-3-9-17)21(18-11-4-5-12-18)16-19-13-7-15-23-19/h1-3,7-9,13,15,18H,4-6,10-12,14,16H2. The Morgan fingerprint density at radius 2 is 1.87 bits per heavy atom. The van der Waals surface area contributed by atoms with Crippen LogP contribution in [0, 0.1) is 0 Å². The molecule has 2 aromatic rings. The normalized spacial score (nSPS) is 15.0. The molecule has 1 amide bonds. The van der Waals surface area contributed by atoms with E-state index in [0.717, 1.165) is 31.4 Å². The predicted octanol–water partition coefficient (Wildman–Crippen LogP) is 4.57. The van der Waals surface area contributed by atoms with Crippen LogP contribution in [-0.2, 0) is 17.8 Å². The van der Waals surface area contributed by atoms with Crippen LogP contribution in [0.2, 0.25) is 0 Å². The summed E-state index contributed by atoms with van der Waals surface area (Å²) in [6.07, 6.45) is 8.90. The Labute approximate surface area is 138 Å². The molecule has 1 aliphatic carbocycles. The molecule has 3 heteroatoms. The highest BCUT2D eigenvalue weighted by molar-refractivity contribution is 5.76. The van der Waals surface area contributed by atoms with E-state index in [9.17, 15) is 4.79 Å².